The fraction of sp³-hybridized carbons (Fsp3) is 0.214. The van der Waals surface area contributed by atoms with Gasteiger partial charge in [-0.1, -0.05) is 35.4 Å². The number of halogens is 1. The molecule has 0 fully saturated rings. The number of para-hydroxylation sites is 1. The van der Waals surface area contributed by atoms with Crippen LogP contribution in [-0.4, -0.2) is 4.98 Å². The lowest BCUT2D eigenvalue weighted by atomic mass is 10.0. The highest BCUT2D eigenvalue weighted by Gasteiger charge is 2.12. The molecule has 0 saturated carbocycles. The Morgan fingerprint density at radius 1 is 1.47 bits per heavy atom. The first-order chi connectivity index (χ1) is 8.08. The van der Waals surface area contributed by atoms with Crippen LogP contribution in [0.5, 0.6) is 0 Å². The number of hydrogen-bond donors (Lipinski definition) is 1. The van der Waals surface area contributed by atoms with Gasteiger partial charge in [-0.3, -0.25) is 0 Å². The molecule has 0 spiro atoms. The second-order valence-electron chi connectivity index (χ2n) is 4.33. The van der Waals surface area contributed by atoms with E-state index in [4.69, 9.17) is 17.3 Å². The first-order valence-electron chi connectivity index (χ1n) is 5.53. The summed E-state index contributed by atoms with van der Waals surface area (Å²) in [6, 6.07) is 9.74. The summed E-state index contributed by atoms with van der Waals surface area (Å²) in [5.41, 5.74) is 8.92. The van der Waals surface area contributed by atoms with Gasteiger partial charge in [0.2, 0.25) is 0 Å². The van der Waals surface area contributed by atoms with Gasteiger partial charge in [0.15, 0.2) is 0 Å². The molecule has 2 aromatic rings. The summed E-state index contributed by atoms with van der Waals surface area (Å²) in [5.74, 6) is 0. The van der Waals surface area contributed by atoms with Crippen LogP contribution in [0.15, 0.2) is 42.5 Å². The van der Waals surface area contributed by atoms with E-state index in [0.29, 0.717) is 5.15 Å². The molecule has 0 aliphatic rings. The summed E-state index contributed by atoms with van der Waals surface area (Å²) >= 11 is 6.16. The van der Waals surface area contributed by atoms with Crippen molar-refractivity contribution in [1.29, 1.82) is 0 Å². The summed E-state index contributed by atoms with van der Waals surface area (Å²) in [6.07, 6.45) is 0.722. The minimum Gasteiger partial charge on any atom is -0.324 e. The van der Waals surface area contributed by atoms with Crippen LogP contribution >= 0.6 is 11.6 Å². The smallest absolute Gasteiger partial charge is 0.134 e. The van der Waals surface area contributed by atoms with Crippen LogP contribution in [0, 0.1) is 0 Å². The van der Waals surface area contributed by atoms with Gasteiger partial charge in [-0.05, 0) is 25.5 Å². The Morgan fingerprint density at radius 2 is 2.18 bits per heavy atom. The molecule has 1 atom stereocenters. The van der Waals surface area contributed by atoms with E-state index in [9.17, 15) is 0 Å². The summed E-state index contributed by atoms with van der Waals surface area (Å²) in [6.45, 7) is 5.83. The van der Waals surface area contributed by atoms with Crippen LogP contribution < -0.4 is 5.73 Å². The van der Waals surface area contributed by atoms with Gasteiger partial charge in [-0.15, -0.1) is 6.58 Å². The number of fused-ring (bicyclic) bond motifs is 1. The number of aromatic nitrogens is 1. The van der Waals surface area contributed by atoms with Gasteiger partial charge >= 0.3 is 0 Å². The molecular weight excluding hydrogens is 232 g/mol. The lowest BCUT2D eigenvalue weighted by Gasteiger charge is -2.14. The number of hydrogen-bond acceptors (Lipinski definition) is 2. The fourth-order valence-corrected chi connectivity index (χ4v) is 2.14. The number of benzene rings is 1. The molecule has 0 bridgehead atoms. The highest BCUT2D eigenvalue weighted by molar-refractivity contribution is 6.30. The van der Waals surface area contributed by atoms with E-state index in [2.05, 4.69) is 11.6 Å². The number of rotatable bonds is 3. The number of nitrogens with two attached hydrogens (primary N) is 1. The molecule has 0 aliphatic carbocycles. The maximum absolute atomic E-state index is 6.16. The normalized spacial score (nSPS) is 12.6. The van der Waals surface area contributed by atoms with Crippen LogP contribution in [0.1, 0.15) is 24.9 Å². The van der Waals surface area contributed by atoms with Crippen LogP contribution in [-0.2, 0) is 0 Å². The molecule has 1 aromatic heterocycles. The zero-order valence-electron chi connectivity index (χ0n) is 9.78. The quantitative estimate of drug-likeness (QED) is 0.660. The average molecular weight is 247 g/mol. The second kappa shape index (κ2) is 4.86. The molecule has 2 N–H and O–H groups in total. The molecule has 0 unspecified atom stereocenters. The molecule has 17 heavy (non-hydrogen) atoms. The fourth-order valence-electron chi connectivity index (χ4n) is 1.85. The molecule has 88 valence electrons. The van der Waals surface area contributed by atoms with E-state index in [0.717, 1.165) is 28.5 Å². The van der Waals surface area contributed by atoms with Crippen molar-refractivity contribution in [3.8, 4) is 0 Å². The SMILES string of the molecule is C=C(C)C[C@H](N)c1cc2ccccc2nc1Cl. The highest BCUT2D eigenvalue weighted by atomic mass is 35.5. The lowest BCUT2D eigenvalue weighted by Crippen LogP contribution is -2.11. The molecule has 2 rings (SSSR count). The first kappa shape index (κ1) is 12.1. The predicted octanol–water partition coefficient (Wildman–Crippen LogP) is 3.85. The highest BCUT2D eigenvalue weighted by Crippen LogP contribution is 2.27. The summed E-state index contributed by atoms with van der Waals surface area (Å²) in [5, 5.41) is 1.54. The maximum atomic E-state index is 6.16. The van der Waals surface area contributed by atoms with Gasteiger partial charge in [0.25, 0.3) is 0 Å². The van der Waals surface area contributed by atoms with Crippen molar-refractivity contribution < 1.29 is 0 Å². The third kappa shape index (κ3) is 2.65. The Morgan fingerprint density at radius 3 is 2.88 bits per heavy atom. The standard InChI is InChI=1S/C14H15ClN2/c1-9(2)7-12(16)11-8-10-5-3-4-6-13(10)17-14(11)15/h3-6,8,12H,1,7,16H2,2H3/t12-/m0/s1. The van der Waals surface area contributed by atoms with Crippen LogP contribution in [0.3, 0.4) is 0 Å². The van der Waals surface area contributed by atoms with Crippen LogP contribution in [0.25, 0.3) is 10.9 Å². The molecule has 0 radical (unpaired) electrons. The van der Waals surface area contributed by atoms with Gasteiger partial charge in [-0.2, -0.15) is 0 Å². The van der Waals surface area contributed by atoms with E-state index in [1.165, 1.54) is 0 Å². The van der Waals surface area contributed by atoms with Gasteiger partial charge in [0, 0.05) is 17.0 Å². The summed E-state index contributed by atoms with van der Waals surface area (Å²) < 4.78 is 0. The monoisotopic (exact) mass is 246 g/mol. The van der Waals surface area contributed by atoms with Crippen LogP contribution in [0.4, 0.5) is 0 Å². The van der Waals surface area contributed by atoms with Crippen molar-refractivity contribution in [3.63, 3.8) is 0 Å². The van der Waals surface area contributed by atoms with Gasteiger partial charge in [-0.25, -0.2) is 4.98 Å². The number of pyridine rings is 1. The van der Waals surface area contributed by atoms with Gasteiger partial charge in [0.05, 0.1) is 5.52 Å². The van der Waals surface area contributed by atoms with Crippen molar-refractivity contribution >= 4 is 22.5 Å². The van der Waals surface area contributed by atoms with E-state index in [1.807, 2.05) is 37.3 Å². The Kier molecular flexibility index (Phi) is 3.46. The lowest BCUT2D eigenvalue weighted by molar-refractivity contribution is 0.715. The van der Waals surface area contributed by atoms with E-state index in [-0.39, 0.29) is 6.04 Å². The molecule has 2 nitrogen and oxygen atoms in total. The van der Waals surface area contributed by atoms with Crippen molar-refractivity contribution in [2.24, 2.45) is 5.73 Å². The largest absolute Gasteiger partial charge is 0.324 e. The molecule has 0 saturated heterocycles. The Bertz CT molecular complexity index is 563. The minimum atomic E-state index is -0.142. The van der Waals surface area contributed by atoms with Crippen molar-refractivity contribution in [1.82, 2.24) is 4.98 Å². The first-order valence-corrected chi connectivity index (χ1v) is 5.91. The van der Waals surface area contributed by atoms with Crippen LogP contribution in [0.2, 0.25) is 5.15 Å². The maximum Gasteiger partial charge on any atom is 0.134 e. The van der Waals surface area contributed by atoms with Crippen molar-refractivity contribution in [3.05, 3.63) is 53.2 Å². The predicted molar refractivity (Wildman–Crippen MR) is 73.1 cm³/mol. The topological polar surface area (TPSA) is 38.9 Å². The van der Waals surface area contributed by atoms with Crippen molar-refractivity contribution in [2.75, 3.05) is 0 Å². The summed E-state index contributed by atoms with van der Waals surface area (Å²) in [4.78, 5) is 4.36. The van der Waals surface area contributed by atoms with Crippen molar-refractivity contribution in [2.45, 2.75) is 19.4 Å². The Balaban J connectivity index is 2.46. The zero-order valence-corrected chi connectivity index (χ0v) is 10.5. The zero-order chi connectivity index (χ0) is 12.4. The van der Waals surface area contributed by atoms with Gasteiger partial charge < -0.3 is 5.73 Å². The average Bonchev–Trinajstić information content (AvgIpc) is 2.27. The molecule has 1 heterocycles. The van der Waals surface area contributed by atoms with E-state index < -0.39 is 0 Å². The second-order valence-corrected chi connectivity index (χ2v) is 4.69. The molecule has 0 amide bonds. The molecular formula is C14H15ClN2. The Labute approximate surface area is 106 Å². The van der Waals surface area contributed by atoms with E-state index >= 15 is 0 Å². The summed E-state index contributed by atoms with van der Waals surface area (Å²) in [7, 11) is 0. The molecule has 1 aromatic carbocycles. The van der Waals surface area contributed by atoms with E-state index in [1.54, 1.807) is 0 Å². The molecule has 3 heteroatoms. The number of nitrogens with zero attached hydrogens (tertiary/aromatic N) is 1. The molecule has 0 aliphatic heterocycles. The third-order valence-electron chi connectivity index (χ3n) is 2.67. The van der Waals surface area contributed by atoms with Gasteiger partial charge in [0.1, 0.15) is 5.15 Å². The minimum absolute atomic E-state index is 0.142. The Hall–Kier alpha value is -1.38. The third-order valence-corrected chi connectivity index (χ3v) is 2.98.